The molecule has 3 rings (SSSR count). The van der Waals surface area contributed by atoms with Crippen LogP contribution >= 0.6 is 12.4 Å². The summed E-state index contributed by atoms with van der Waals surface area (Å²) in [6.07, 6.45) is 2.38. The van der Waals surface area contributed by atoms with E-state index >= 15 is 0 Å². The lowest BCUT2D eigenvalue weighted by atomic mass is 9.97. The minimum atomic E-state index is -3.63. The molecule has 1 aromatic rings. The van der Waals surface area contributed by atoms with Crippen LogP contribution in [0.1, 0.15) is 30.7 Å². The van der Waals surface area contributed by atoms with Crippen LogP contribution in [0.5, 0.6) is 0 Å². The molecule has 0 saturated carbocycles. The molecule has 0 radical (unpaired) electrons. The van der Waals surface area contributed by atoms with Crippen molar-refractivity contribution in [3.05, 3.63) is 11.4 Å². The molecule has 10 heteroatoms. The lowest BCUT2D eigenvalue weighted by Crippen LogP contribution is -2.48. The van der Waals surface area contributed by atoms with E-state index in [1.54, 1.807) is 18.7 Å². The van der Waals surface area contributed by atoms with Gasteiger partial charge in [0.05, 0.1) is 17.3 Å². The first-order chi connectivity index (χ1) is 11.8. The summed E-state index contributed by atoms with van der Waals surface area (Å²) in [5, 5.41) is 10.00. The number of aryl methyl sites for hydroxylation is 2. The topological polar surface area (TPSA) is 98.4 Å². The molecule has 1 amide bonds. The Bertz CT molecular complexity index is 726. The second kappa shape index (κ2) is 8.24. The number of likely N-dealkylation sites (N-methyl/N-ethyl adjacent to an activating group) is 1. The van der Waals surface area contributed by atoms with Gasteiger partial charge in [-0.3, -0.25) is 9.89 Å². The van der Waals surface area contributed by atoms with Gasteiger partial charge in [0, 0.05) is 32.7 Å². The Labute approximate surface area is 161 Å². The van der Waals surface area contributed by atoms with Crippen molar-refractivity contribution >= 4 is 28.3 Å². The van der Waals surface area contributed by atoms with E-state index in [2.05, 4.69) is 15.5 Å². The van der Waals surface area contributed by atoms with Gasteiger partial charge in [-0.05, 0) is 39.7 Å². The van der Waals surface area contributed by atoms with Crippen LogP contribution in [0.4, 0.5) is 0 Å². The molecule has 8 nitrogen and oxygen atoms in total. The molecular weight excluding hydrogens is 378 g/mol. The third kappa shape index (κ3) is 3.90. The zero-order valence-electron chi connectivity index (χ0n) is 15.5. The number of piperidine rings is 1. The highest BCUT2D eigenvalue weighted by Crippen LogP contribution is 2.28. The summed E-state index contributed by atoms with van der Waals surface area (Å²) in [6, 6.07) is 0.206. The summed E-state index contributed by atoms with van der Waals surface area (Å²) in [7, 11) is -1.80. The largest absolute Gasteiger partial charge is 0.341 e. The maximum absolute atomic E-state index is 13.0. The first kappa shape index (κ1) is 21.1. The van der Waals surface area contributed by atoms with Crippen molar-refractivity contribution in [1.29, 1.82) is 0 Å². The molecule has 26 heavy (non-hydrogen) atoms. The lowest BCUT2D eigenvalue weighted by Gasteiger charge is -2.34. The predicted molar refractivity (Wildman–Crippen MR) is 101 cm³/mol. The monoisotopic (exact) mass is 405 g/mol. The van der Waals surface area contributed by atoms with Crippen molar-refractivity contribution in [1.82, 2.24) is 24.7 Å². The molecule has 0 aliphatic carbocycles. The number of halogens is 1. The third-order valence-corrected chi connectivity index (χ3v) is 7.45. The van der Waals surface area contributed by atoms with E-state index in [9.17, 15) is 13.2 Å². The summed E-state index contributed by atoms with van der Waals surface area (Å²) in [6.45, 7) is 5.82. The Morgan fingerprint density at radius 2 is 2.04 bits per heavy atom. The number of hydrogen-bond donors (Lipinski definition) is 2. The number of carbonyl (C=O) groups is 1. The molecule has 2 N–H and O–H groups in total. The van der Waals surface area contributed by atoms with Gasteiger partial charge in [-0.1, -0.05) is 0 Å². The Kier molecular flexibility index (Phi) is 6.70. The van der Waals surface area contributed by atoms with Gasteiger partial charge in [-0.15, -0.1) is 12.4 Å². The van der Waals surface area contributed by atoms with Gasteiger partial charge >= 0.3 is 0 Å². The Morgan fingerprint density at radius 1 is 1.31 bits per heavy atom. The zero-order valence-corrected chi connectivity index (χ0v) is 17.1. The summed E-state index contributed by atoms with van der Waals surface area (Å²) >= 11 is 0. The van der Waals surface area contributed by atoms with Crippen molar-refractivity contribution in [2.45, 2.75) is 44.0 Å². The van der Waals surface area contributed by atoms with Crippen LogP contribution in [0.15, 0.2) is 4.90 Å². The quantitative estimate of drug-likeness (QED) is 0.767. The Balaban J connectivity index is 0.00000243. The average molecular weight is 406 g/mol. The number of nitrogens with zero attached hydrogens (tertiary/aromatic N) is 3. The molecule has 2 atom stereocenters. The molecule has 2 unspecified atom stereocenters. The first-order valence-electron chi connectivity index (χ1n) is 8.81. The SMILES string of the molecule is Cc1n[nH]c(C)c1S(=O)(=O)N1CCCC(C(=O)N(C)C2CCNC2)C1.Cl. The Morgan fingerprint density at radius 3 is 2.62 bits per heavy atom. The molecule has 2 aliphatic rings. The number of nitrogens with one attached hydrogen (secondary N) is 2. The number of sulfonamides is 1. The van der Waals surface area contributed by atoms with Gasteiger partial charge in [0.25, 0.3) is 0 Å². The minimum absolute atomic E-state index is 0. The van der Waals surface area contributed by atoms with Crippen LogP contribution in [0.2, 0.25) is 0 Å². The highest BCUT2D eigenvalue weighted by atomic mass is 35.5. The van der Waals surface area contributed by atoms with E-state index in [0.717, 1.165) is 25.9 Å². The zero-order chi connectivity index (χ0) is 18.2. The fraction of sp³-hybridized carbons (Fsp3) is 0.750. The van der Waals surface area contributed by atoms with Crippen LogP contribution in [-0.2, 0) is 14.8 Å². The van der Waals surface area contributed by atoms with Gasteiger partial charge in [0.15, 0.2) is 0 Å². The molecule has 2 saturated heterocycles. The molecule has 2 fully saturated rings. The number of rotatable bonds is 4. The number of H-pyrrole nitrogens is 1. The number of aromatic amines is 1. The second-order valence-electron chi connectivity index (χ2n) is 7.06. The fourth-order valence-electron chi connectivity index (χ4n) is 3.85. The number of amides is 1. The normalized spacial score (nSPS) is 24.3. The van der Waals surface area contributed by atoms with Gasteiger partial charge < -0.3 is 10.2 Å². The van der Waals surface area contributed by atoms with E-state index in [-0.39, 0.29) is 41.7 Å². The van der Waals surface area contributed by atoms with Crippen molar-refractivity contribution in [2.75, 3.05) is 33.2 Å². The van der Waals surface area contributed by atoms with Crippen LogP contribution < -0.4 is 5.32 Å². The van der Waals surface area contributed by atoms with Gasteiger partial charge in [-0.25, -0.2) is 8.42 Å². The summed E-state index contributed by atoms with van der Waals surface area (Å²) in [5.41, 5.74) is 1.01. The molecule has 1 aromatic heterocycles. The summed E-state index contributed by atoms with van der Waals surface area (Å²) in [4.78, 5) is 14.9. The van der Waals surface area contributed by atoms with Crippen molar-refractivity contribution < 1.29 is 13.2 Å². The third-order valence-electron chi connectivity index (χ3n) is 5.32. The first-order valence-corrected chi connectivity index (χ1v) is 10.3. The molecule has 3 heterocycles. The smallest absolute Gasteiger partial charge is 0.246 e. The van der Waals surface area contributed by atoms with E-state index in [1.165, 1.54) is 4.31 Å². The predicted octanol–water partition coefficient (Wildman–Crippen LogP) is 0.669. The van der Waals surface area contributed by atoms with E-state index in [1.807, 2.05) is 7.05 Å². The molecule has 0 bridgehead atoms. The van der Waals surface area contributed by atoms with E-state index in [0.29, 0.717) is 24.4 Å². The molecule has 0 spiro atoms. The van der Waals surface area contributed by atoms with E-state index in [4.69, 9.17) is 0 Å². The van der Waals surface area contributed by atoms with Crippen LogP contribution in [0.3, 0.4) is 0 Å². The average Bonchev–Trinajstić information content (AvgIpc) is 3.24. The van der Waals surface area contributed by atoms with Crippen molar-refractivity contribution in [3.8, 4) is 0 Å². The highest BCUT2D eigenvalue weighted by Gasteiger charge is 2.37. The fourth-order valence-corrected chi connectivity index (χ4v) is 5.71. The molecule has 148 valence electrons. The number of hydrogen-bond acceptors (Lipinski definition) is 5. The second-order valence-corrected chi connectivity index (χ2v) is 8.94. The van der Waals surface area contributed by atoms with Crippen molar-refractivity contribution in [2.24, 2.45) is 5.92 Å². The summed E-state index contributed by atoms with van der Waals surface area (Å²) < 4.78 is 27.5. The maximum atomic E-state index is 13.0. The minimum Gasteiger partial charge on any atom is -0.341 e. The summed E-state index contributed by atoms with van der Waals surface area (Å²) in [5.74, 6) is -0.226. The van der Waals surface area contributed by atoms with Gasteiger partial charge in [0.2, 0.25) is 15.9 Å². The van der Waals surface area contributed by atoms with Crippen LogP contribution in [-0.4, -0.2) is 73.0 Å². The maximum Gasteiger partial charge on any atom is 0.246 e. The highest BCUT2D eigenvalue weighted by molar-refractivity contribution is 7.89. The number of aromatic nitrogens is 2. The molecule has 2 aliphatic heterocycles. The Hall–Kier alpha value is -1.16. The lowest BCUT2D eigenvalue weighted by molar-refractivity contribution is -0.137. The van der Waals surface area contributed by atoms with Crippen molar-refractivity contribution in [3.63, 3.8) is 0 Å². The van der Waals surface area contributed by atoms with Gasteiger partial charge in [0.1, 0.15) is 4.90 Å². The van der Waals surface area contributed by atoms with Crippen LogP contribution in [0.25, 0.3) is 0 Å². The molecule has 0 aromatic carbocycles. The van der Waals surface area contributed by atoms with E-state index < -0.39 is 10.0 Å². The van der Waals surface area contributed by atoms with Crippen LogP contribution in [0, 0.1) is 19.8 Å². The van der Waals surface area contributed by atoms with Gasteiger partial charge in [-0.2, -0.15) is 9.40 Å². The standard InChI is InChI=1S/C16H27N5O3S.ClH/c1-11-15(12(2)19-18-11)25(23,24)21-8-4-5-13(10-21)16(22)20(3)14-6-7-17-9-14;/h13-14,17H,4-10H2,1-3H3,(H,18,19);1H. The molecular formula is C16H28ClN5O3S. The number of carbonyl (C=O) groups excluding carboxylic acids is 1.